The summed E-state index contributed by atoms with van der Waals surface area (Å²) in [7, 11) is 0. The normalized spacial score (nSPS) is 15.3. The summed E-state index contributed by atoms with van der Waals surface area (Å²) in [5, 5.41) is 3.33. The fraction of sp³-hybridized carbons (Fsp3) is 0.417. The van der Waals surface area contributed by atoms with Crippen molar-refractivity contribution in [3.05, 3.63) is 65.2 Å². The quantitative estimate of drug-likeness (QED) is 0.669. The molecule has 1 heterocycles. The molecular weight excluding hydrogens is 382 g/mol. The molecule has 1 N–H and O–H groups in total. The summed E-state index contributed by atoms with van der Waals surface area (Å²) < 4.78 is 16.8. The first-order valence-corrected chi connectivity index (χ1v) is 10.5. The van der Waals surface area contributed by atoms with E-state index in [1.54, 1.807) is 25.1 Å². The Labute approximate surface area is 177 Å². The van der Waals surface area contributed by atoms with Gasteiger partial charge in [-0.15, -0.1) is 0 Å². The van der Waals surface area contributed by atoms with Gasteiger partial charge in [0, 0.05) is 12.8 Å². The molecule has 3 rings (SSSR count). The van der Waals surface area contributed by atoms with Gasteiger partial charge in [-0.3, -0.25) is 4.79 Å². The van der Waals surface area contributed by atoms with Crippen molar-refractivity contribution in [1.82, 2.24) is 5.32 Å². The number of carbonyl (C=O) groups excluding carboxylic acids is 2. The number of hydrogen-bond acceptors (Lipinski definition) is 6. The Balaban J connectivity index is 1.77. The van der Waals surface area contributed by atoms with Crippen LogP contribution in [0.5, 0.6) is 5.75 Å². The average Bonchev–Trinajstić information content (AvgIpc) is 2.75. The van der Waals surface area contributed by atoms with Crippen molar-refractivity contribution in [3.8, 4) is 5.75 Å². The largest absolute Gasteiger partial charge is 0.493 e. The lowest BCUT2D eigenvalue weighted by molar-refractivity contribution is -0.163. The molecule has 0 bridgehead atoms. The maximum absolute atomic E-state index is 12.9. The van der Waals surface area contributed by atoms with Gasteiger partial charge >= 0.3 is 11.9 Å². The number of hydrogen-bond donors (Lipinski definition) is 1. The molecule has 0 saturated carbocycles. The van der Waals surface area contributed by atoms with Crippen LogP contribution in [0.3, 0.4) is 0 Å². The topological polar surface area (TPSA) is 73.9 Å². The monoisotopic (exact) mass is 411 g/mol. The number of ether oxygens (including phenoxy) is 3. The van der Waals surface area contributed by atoms with E-state index in [-0.39, 0.29) is 19.0 Å². The van der Waals surface area contributed by atoms with Crippen molar-refractivity contribution < 1.29 is 23.8 Å². The molecule has 2 aromatic rings. The molecule has 30 heavy (non-hydrogen) atoms. The zero-order valence-corrected chi connectivity index (χ0v) is 17.6. The summed E-state index contributed by atoms with van der Waals surface area (Å²) in [6.45, 7) is 5.89. The smallest absolute Gasteiger partial charge is 0.341 e. The standard InChI is InChI=1S/C24H29NO5/c1-3-28-21-16-18(10-11-20(21)23(27)29-4-2)17-22(26)30-24(12-14-25-15-13-24)19-8-6-5-7-9-19/h5-11,16,25H,3-4,12-15,17H2,1-2H3. The number of nitrogens with one attached hydrogen (secondary N) is 1. The summed E-state index contributed by atoms with van der Waals surface area (Å²) in [5.74, 6) is -0.319. The third-order valence-corrected chi connectivity index (χ3v) is 5.21. The highest BCUT2D eigenvalue weighted by molar-refractivity contribution is 5.92. The van der Waals surface area contributed by atoms with Gasteiger partial charge < -0.3 is 19.5 Å². The minimum Gasteiger partial charge on any atom is -0.493 e. The predicted octanol–water partition coefficient (Wildman–Crippen LogP) is 3.63. The summed E-state index contributed by atoms with van der Waals surface area (Å²) in [4.78, 5) is 25.0. The number of rotatable bonds is 8. The van der Waals surface area contributed by atoms with Gasteiger partial charge in [-0.1, -0.05) is 36.4 Å². The minimum absolute atomic E-state index is 0.102. The van der Waals surface area contributed by atoms with Crippen LogP contribution in [0.2, 0.25) is 0 Å². The van der Waals surface area contributed by atoms with Crippen molar-refractivity contribution in [1.29, 1.82) is 0 Å². The Bertz CT molecular complexity index is 859. The van der Waals surface area contributed by atoms with Crippen LogP contribution in [0.1, 0.15) is 48.2 Å². The predicted molar refractivity (Wildman–Crippen MR) is 114 cm³/mol. The van der Waals surface area contributed by atoms with Crippen molar-refractivity contribution in [2.24, 2.45) is 0 Å². The molecule has 6 heteroatoms. The van der Waals surface area contributed by atoms with E-state index < -0.39 is 11.6 Å². The second kappa shape index (κ2) is 10.3. The van der Waals surface area contributed by atoms with Gasteiger partial charge in [0.15, 0.2) is 0 Å². The lowest BCUT2D eigenvalue weighted by atomic mass is 9.84. The first-order chi connectivity index (χ1) is 14.6. The molecule has 0 radical (unpaired) electrons. The van der Waals surface area contributed by atoms with Crippen LogP contribution >= 0.6 is 0 Å². The van der Waals surface area contributed by atoms with Crippen molar-refractivity contribution >= 4 is 11.9 Å². The SMILES string of the molecule is CCOC(=O)c1ccc(CC(=O)OC2(c3ccccc3)CCNCC2)cc1OCC. The molecule has 1 aliphatic heterocycles. The molecule has 0 aromatic heterocycles. The lowest BCUT2D eigenvalue weighted by Gasteiger charge is -2.37. The number of benzene rings is 2. The van der Waals surface area contributed by atoms with Crippen LogP contribution < -0.4 is 10.1 Å². The highest BCUT2D eigenvalue weighted by Crippen LogP contribution is 2.35. The van der Waals surface area contributed by atoms with E-state index in [1.807, 2.05) is 37.3 Å². The third-order valence-electron chi connectivity index (χ3n) is 5.21. The maximum Gasteiger partial charge on any atom is 0.341 e. The van der Waals surface area contributed by atoms with Gasteiger partial charge in [-0.2, -0.15) is 0 Å². The summed E-state index contributed by atoms with van der Waals surface area (Å²) in [6, 6.07) is 15.0. The molecule has 2 aromatic carbocycles. The second-order valence-electron chi connectivity index (χ2n) is 7.25. The average molecular weight is 411 g/mol. The molecule has 1 saturated heterocycles. The van der Waals surface area contributed by atoms with Crippen LogP contribution in [0.15, 0.2) is 48.5 Å². The van der Waals surface area contributed by atoms with E-state index >= 15 is 0 Å². The Hall–Kier alpha value is -2.86. The third kappa shape index (κ3) is 5.19. The molecule has 0 unspecified atom stereocenters. The molecule has 1 fully saturated rings. The lowest BCUT2D eigenvalue weighted by Crippen LogP contribution is -2.43. The van der Waals surface area contributed by atoms with Crippen LogP contribution in [0.4, 0.5) is 0 Å². The van der Waals surface area contributed by atoms with Gasteiger partial charge in [-0.25, -0.2) is 4.79 Å². The Morgan fingerprint density at radius 1 is 1.00 bits per heavy atom. The molecule has 160 valence electrons. The Kier molecular flexibility index (Phi) is 7.46. The van der Waals surface area contributed by atoms with Gasteiger partial charge in [0.1, 0.15) is 16.9 Å². The first-order valence-electron chi connectivity index (χ1n) is 10.5. The fourth-order valence-corrected chi connectivity index (χ4v) is 3.77. The number of esters is 2. The van der Waals surface area contributed by atoms with E-state index in [1.165, 1.54) is 0 Å². The molecule has 1 aliphatic rings. The second-order valence-corrected chi connectivity index (χ2v) is 7.25. The summed E-state index contributed by atoms with van der Waals surface area (Å²) >= 11 is 0. The Morgan fingerprint density at radius 3 is 2.40 bits per heavy atom. The van der Waals surface area contributed by atoms with Crippen LogP contribution in [-0.4, -0.2) is 38.2 Å². The minimum atomic E-state index is -0.614. The van der Waals surface area contributed by atoms with Crippen molar-refractivity contribution in [2.45, 2.75) is 38.7 Å². The molecule has 0 spiro atoms. The van der Waals surface area contributed by atoms with Gasteiger partial charge in [0.25, 0.3) is 0 Å². The Morgan fingerprint density at radius 2 is 1.73 bits per heavy atom. The van der Waals surface area contributed by atoms with Gasteiger partial charge in [0.2, 0.25) is 0 Å². The van der Waals surface area contributed by atoms with Crippen molar-refractivity contribution in [3.63, 3.8) is 0 Å². The molecule has 0 atom stereocenters. The maximum atomic E-state index is 12.9. The van der Waals surface area contributed by atoms with E-state index in [0.29, 0.717) is 17.9 Å². The van der Waals surface area contributed by atoms with E-state index in [4.69, 9.17) is 14.2 Å². The molecule has 0 amide bonds. The van der Waals surface area contributed by atoms with Gasteiger partial charge in [0.05, 0.1) is 19.6 Å². The zero-order chi connectivity index (χ0) is 21.4. The van der Waals surface area contributed by atoms with Crippen LogP contribution in [0, 0.1) is 0 Å². The first kappa shape index (κ1) is 21.8. The molecule has 6 nitrogen and oxygen atoms in total. The highest BCUT2D eigenvalue weighted by atomic mass is 16.6. The summed E-state index contributed by atoms with van der Waals surface area (Å²) in [6.07, 6.45) is 1.56. The van der Waals surface area contributed by atoms with Gasteiger partial charge in [-0.05, 0) is 50.2 Å². The molecule has 0 aliphatic carbocycles. The highest BCUT2D eigenvalue weighted by Gasteiger charge is 2.37. The number of piperidine rings is 1. The van der Waals surface area contributed by atoms with Crippen molar-refractivity contribution in [2.75, 3.05) is 26.3 Å². The fourth-order valence-electron chi connectivity index (χ4n) is 3.77. The van der Waals surface area contributed by atoms with E-state index in [0.717, 1.165) is 37.1 Å². The van der Waals surface area contributed by atoms with E-state index in [9.17, 15) is 9.59 Å². The number of carbonyl (C=O) groups is 2. The molecular formula is C24H29NO5. The summed E-state index contributed by atoms with van der Waals surface area (Å²) in [5.41, 5.74) is 1.49. The van der Waals surface area contributed by atoms with Crippen LogP contribution in [-0.2, 0) is 26.3 Å². The van der Waals surface area contributed by atoms with E-state index in [2.05, 4.69) is 5.32 Å². The van der Waals surface area contributed by atoms with Crippen LogP contribution in [0.25, 0.3) is 0 Å². The zero-order valence-electron chi connectivity index (χ0n) is 17.6.